The molecular weight excluding hydrogens is 450 g/mol. The lowest BCUT2D eigenvalue weighted by molar-refractivity contribution is -0.386. The summed E-state index contributed by atoms with van der Waals surface area (Å²) >= 11 is 1.14. The van der Waals surface area contributed by atoms with Gasteiger partial charge in [0.2, 0.25) is 5.75 Å². The summed E-state index contributed by atoms with van der Waals surface area (Å²) in [6.45, 7) is 2.50. The van der Waals surface area contributed by atoms with Gasteiger partial charge < -0.3 is 19.3 Å². The van der Waals surface area contributed by atoms with Gasteiger partial charge in [-0.15, -0.1) is 0 Å². The van der Waals surface area contributed by atoms with Gasteiger partial charge in [-0.25, -0.2) is 4.99 Å². The lowest BCUT2D eigenvalue weighted by Crippen LogP contribution is -2.32. The van der Waals surface area contributed by atoms with Gasteiger partial charge in [0.05, 0.1) is 42.4 Å². The number of amidine groups is 1. The number of phenols is 1. The van der Waals surface area contributed by atoms with Crippen LogP contribution in [-0.4, -0.2) is 60.0 Å². The summed E-state index contributed by atoms with van der Waals surface area (Å²) in [5, 5.41) is 21.9. The van der Waals surface area contributed by atoms with E-state index in [1.807, 2.05) is 0 Å². The Kier molecular flexibility index (Phi) is 7.91. The number of hydrogen-bond acceptors (Lipinski definition) is 9. The number of rotatable bonds is 9. The molecule has 33 heavy (non-hydrogen) atoms. The molecule has 1 N–H and O–H groups in total. The van der Waals surface area contributed by atoms with Crippen LogP contribution in [0.3, 0.4) is 0 Å². The van der Waals surface area contributed by atoms with E-state index >= 15 is 0 Å². The number of amides is 1. The maximum absolute atomic E-state index is 13.1. The number of hydrogen-bond donors (Lipinski definition) is 1. The third-order valence-corrected chi connectivity index (χ3v) is 5.58. The van der Waals surface area contributed by atoms with Crippen molar-refractivity contribution in [1.82, 2.24) is 4.90 Å². The van der Waals surface area contributed by atoms with Gasteiger partial charge in [-0.1, -0.05) is 0 Å². The number of methoxy groups -OCH3 is 2. The maximum Gasteiger partial charge on any atom is 0.315 e. The fourth-order valence-corrected chi connectivity index (χ4v) is 4.02. The number of aromatic hydroxyl groups is 1. The van der Waals surface area contributed by atoms with Gasteiger partial charge in [-0.2, -0.15) is 0 Å². The highest BCUT2D eigenvalue weighted by atomic mass is 32.2. The van der Waals surface area contributed by atoms with Gasteiger partial charge in [0.15, 0.2) is 10.9 Å². The number of nitro benzene ring substituents is 1. The van der Waals surface area contributed by atoms with Crippen molar-refractivity contribution in [3.8, 4) is 17.2 Å². The monoisotopic (exact) mass is 473 g/mol. The number of ether oxygens (including phenoxy) is 3. The Bertz CT molecular complexity index is 1100. The Morgan fingerprint density at radius 3 is 2.58 bits per heavy atom. The fourth-order valence-electron chi connectivity index (χ4n) is 2.99. The first kappa shape index (κ1) is 24.1. The summed E-state index contributed by atoms with van der Waals surface area (Å²) in [5.74, 6) is -0.210. The van der Waals surface area contributed by atoms with Crippen LogP contribution in [0.25, 0.3) is 6.08 Å². The van der Waals surface area contributed by atoms with Gasteiger partial charge in [-0.3, -0.25) is 19.8 Å². The minimum atomic E-state index is -0.703. The van der Waals surface area contributed by atoms with Crippen LogP contribution >= 0.6 is 11.8 Å². The summed E-state index contributed by atoms with van der Waals surface area (Å²) < 4.78 is 15.6. The van der Waals surface area contributed by atoms with E-state index < -0.39 is 16.4 Å². The highest BCUT2D eigenvalue weighted by Gasteiger charge is 2.33. The molecule has 3 rings (SSSR count). The smallest absolute Gasteiger partial charge is 0.315 e. The maximum atomic E-state index is 13.1. The first-order valence-corrected chi connectivity index (χ1v) is 10.8. The average Bonchev–Trinajstić information content (AvgIpc) is 3.08. The zero-order valence-electron chi connectivity index (χ0n) is 18.3. The molecular formula is C22H23N3O7S. The molecule has 1 amide bonds. The quantitative estimate of drug-likeness (QED) is 0.330. The second kappa shape index (κ2) is 10.8. The number of phenolic OH excluding ortho intramolecular Hbond substituents is 1. The van der Waals surface area contributed by atoms with E-state index in [1.54, 1.807) is 38.3 Å². The van der Waals surface area contributed by atoms with E-state index in [-0.39, 0.29) is 24.8 Å². The summed E-state index contributed by atoms with van der Waals surface area (Å²) in [6, 6.07) is 9.71. The molecule has 1 heterocycles. The molecule has 2 aromatic carbocycles. The van der Waals surface area contributed by atoms with Gasteiger partial charge in [0, 0.05) is 13.2 Å². The Balaban J connectivity index is 2.00. The van der Waals surface area contributed by atoms with Gasteiger partial charge >= 0.3 is 5.69 Å². The molecule has 11 heteroatoms. The van der Waals surface area contributed by atoms with E-state index in [1.165, 1.54) is 30.2 Å². The summed E-state index contributed by atoms with van der Waals surface area (Å²) in [5.41, 5.74) is 0.469. The van der Waals surface area contributed by atoms with Crippen LogP contribution in [0.4, 0.5) is 11.4 Å². The van der Waals surface area contributed by atoms with Crippen LogP contribution in [0.5, 0.6) is 17.2 Å². The number of aliphatic imine (C=N–C) groups is 1. The van der Waals surface area contributed by atoms with Crippen LogP contribution in [0.15, 0.2) is 46.3 Å². The highest BCUT2D eigenvalue weighted by molar-refractivity contribution is 8.18. The van der Waals surface area contributed by atoms with Crippen molar-refractivity contribution >= 4 is 40.3 Å². The van der Waals surface area contributed by atoms with Crippen molar-refractivity contribution in [2.24, 2.45) is 4.99 Å². The molecule has 0 spiro atoms. The molecule has 1 aliphatic heterocycles. The van der Waals surface area contributed by atoms with Gasteiger partial charge in [0.25, 0.3) is 5.91 Å². The normalized spacial score (nSPS) is 16.0. The molecule has 1 fully saturated rings. The molecule has 1 aliphatic rings. The van der Waals surface area contributed by atoms with E-state index in [0.717, 1.165) is 11.8 Å². The van der Waals surface area contributed by atoms with Crippen LogP contribution < -0.4 is 9.47 Å². The van der Waals surface area contributed by atoms with Crippen molar-refractivity contribution in [2.75, 3.05) is 34.0 Å². The van der Waals surface area contributed by atoms with E-state index in [2.05, 4.69) is 4.99 Å². The van der Waals surface area contributed by atoms with Crippen molar-refractivity contribution < 1.29 is 29.0 Å². The van der Waals surface area contributed by atoms with Gasteiger partial charge in [0.1, 0.15) is 5.75 Å². The molecule has 0 bridgehead atoms. The molecule has 0 atom stereocenters. The largest absolute Gasteiger partial charge is 0.500 e. The fraction of sp³-hybridized carbons (Fsp3) is 0.273. The molecule has 0 saturated carbocycles. The van der Waals surface area contributed by atoms with Crippen molar-refractivity contribution in [2.45, 2.75) is 6.92 Å². The number of benzene rings is 2. The molecule has 2 aromatic rings. The average molecular weight is 474 g/mol. The Morgan fingerprint density at radius 2 is 1.97 bits per heavy atom. The van der Waals surface area contributed by atoms with Crippen LogP contribution in [0.2, 0.25) is 0 Å². The highest BCUT2D eigenvalue weighted by Crippen LogP contribution is 2.40. The molecule has 174 valence electrons. The van der Waals surface area contributed by atoms with Crippen molar-refractivity contribution in [3.05, 3.63) is 57.0 Å². The predicted molar refractivity (Wildman–Crippen MR) is 125 cm³/mol. The van der Waals surface area contributed by atoms with Crippen LogP contribution in [0, 0.1) is 10.1 Å². The van der Waals surface area contributed by atoms with E-state index in [4.69, 9.17) is 14.2 Å². The first-order chi connectivity index (χ1) is 15.9. The summed E-state index contributed by atoms with van der Waals surface area (Å²) in [7, 11) is 3.11. The minimum Gasteiger partial charge on any atom is -0.500 e. The molecule has 0 radical (unpaired) electrons. The van der Waals surface area contributed by atoms with Gasteiger partial charge in [-0.05, 0) is 60.7 Å². The number of nitro groups is 1. The zero-order valence-corrected chi connectivity index (χ0v) is 19.1. The predicted octanol–water partition coefficient (Wildman–Crippen LogP) is 3.96. The number of thioether (sulfide) groups is 1. The standard InChI is InChI=1S/C22H23N3O7S/c1-4-32-18-12-14(11-17(20(18)26)25(28)29)13-19-21(27)24(9-10-30-2)22(33-19)23-15-5-7-16(31-3)8-6-15/h5-8,11-13,26H,4,9-10H2,1-3H3. The lowest BCUT2D eigenvalue weighted by Gasteiger charge is -2.14. The lowest BCUT2D eigenvalue weighted by atomic mass is 10.1. The zero-order chi connectivity index (χ0) is 24.0. The second-order valence-corrected chi connectivity index (χ2v) is 7.74. The Morgan fingerprint density at radius 1 is 1.24 bits per heavy atom. The third kappa shape index (κ3) is 5.62. The second-order valence-electron chi connectivity index (χ2n) is 6.73. The molecule has 0 aliphatic carbocycles. The number of nitrogens with zero attached hydrogens (tertiary/aromatic N) is 3. The van der Waals surface area contributed by atoms with Crippen molar-refractivity contribution in [1.29, 1.82) is 0 Å². The van der Waals surface area contributed by atoms with Crippen LogP contribution in [0.1, 0.15) is 12.5 Å². The molecule has 0 aromatic heterocycles. The Labute approximate surface area is 194 Å². The van der Waals surface area contributed by atoms with E-state index in [0.29, 0.717) is 33.7 Å². The number of carbonyl (C=O) groups excluding carboxylic acids is 1. The molecule has 1 saturated heterocycles. The summed E-state index contributed by atoms with van der Waals surface area (Å²) in [4.78, 5) is 30.1. The molecule has 10 nitrogen and oxygen atoms in total. The molecule has 0 unspecified atom stereocenters. The SMILES string of the molecule is CCOc1cc(C=C2SC(=Nc3ccc(OC)cc3)N(CCOC)C2=O)cc([N+](=O)[O-])c1O. The van der Waals surface area contributed by atoms with E-state index in [9.17, 15) is 20.0 Å². The topological polar surface area (TPSA) is 124 Å². The summed E-state index contributed by atoms with van der Waals surface area (Å²) in [6.07, 6.45) is 1.51. The first-order valence-electron chi connectivity index (χ1n) is 9.95. The minimum absolute atomic E-state index is 0.0302. The third-order valence-electron chi connectivity index (χ3n) is 4.58. The Hall–Kier alpha value is -3.57. The van der Waals surface area contributed by atoms with Crippen molar-refractivity contribution in [3.63, 3.8) is 0 Å². The van der Waals surface area contributed by atoms with Crippen LogP contribution in [-0.2, 0) is 9.53 Å². The number of carbonyl (C=O) groups is 1.